The number of benzene rings is 2. The lowest BCUT2D eigenvalue weighted by Crippen LogP contribution is -2.34. The molecular weight excluding hydrogens is 380 g/mol. The molecule has 2 heterocycles. The van der Waals surface area contributed by atoms with Gasteiger partial charge in [-0.25, -0.2) is 4.52 Å². The van der Waals surface area contributed by atoms with E-state index < -0.39 is 6.04 Å². The maximum Gasteiger partial charge on any atom is 0.273 e. The topological polar surface area (TPSA) is 77.6 Å². The number of fused-ring (bicyclic) bond motifs is 3. The summed E-state index contributed by atoms with van der Waals surface area (Å²) in [7, 11) is 1.62. The minimum Gasteiger partial charge on any atom is -0.496 e. The lowest BCUT2D eigenvalue weighted by atomic mass is 10.1. The molecule has 154 valence electrons. The van der Waals surface area contributed by atoms with Gasteiger partial charge < -0.3 is 10.1 Å². The Bertz CT molecular complexity index is 1290. The zero-order valence-electron chi connectivity index (χ0n) is 17.3. The Kier molecular flexibility index (Phi) is 5.27. The molecule has 7 nitrogen and oxygen atoms in total. The van der Waals surface area contributed by atoms with Gasteiger partial charge in [0.05, 0.1) is 12.6 Å². The van der Waals surface area contributed by atoms with Crippen molar-refractivity contribution in [3.05, 3.63) is 76.2 Å². The lowest BCUT2D eigenvalue weighted by Gasteiger charge is -2.21. The number of aryl methyl sites for hydroxylation is 1. The molecule has 1 amide bonds. The molecule has 2 aromatic carbocycles. The largest absolute Gasteiger partial charge is 0.496 e. The Morgan fingerprint density at radius 3 is 2.67 bits per heavy atom. The summed E-state index contributed by atoms with van der Waals surface area (Å²) in [5.41, 5.74) is 2.78. The first kappa shape index (κ1) is 19.7. The maximum atomic E-state index is 13.2. The van der Waals surface area contributed by atoms with Crippen molar-refractivity contribution in [3.63, 3.8) is 0 Å². The van der Waals surface area contributed by atoms with Crippen molar-refractivity contribution in [3.8, 4) is 5.75 Å². The first-order valence-corrected chi connectivity index (χ1v) is 9.94. The quantitative estimate of drug-likeness (QED) is 0.535. The second-order valence-corrected chi connectivity index (χ2v) is 7.19. The zero-order chi connectivity index (χ0) is 21.3. The van der Waals surface area contributed by atoms with Crippen LogP contribution in [0.4, 0.5) is 0 Å². The van der Waals surface area contributed by atoms with Crippen molar-refractivity contribution in [2.75, 3.05) is 7.11 Å². The number of hydrogen-bond donors (Lipinski definition) is 1. The highest BCUT2D eigenvalue weighted by Gasteiger charge is 2.24. The summed E-state index contributed by atoms with van der Waals surface area (Å²) in [6.07, 6.45) is 0.580. The second kappa shape index (κ2) is 8.02. The monoisotopic (exact) mass is 404 g/mol. The molecule has 4 aromatic rings. The fraction of sp³-hybridized carbons (Fsp3) is 0.261. The second-order valence-electron chi connectivity index (χ2n) is 7.19. The number of amides is 1. The van der Waals surface area contributed by atoms with E-state index in [9.17, 15) is 9.59 Å². The molecule has 0 aliphatic carbocycles. The fourth-order valence-electron chi connectivity index (χ4n) is 3.93. The average molecular weight is 404 g/mol. The third kappa shape index (κ3) is 3.32. The van der Waals surface area contributed by atoms with E-state index in [0.29, 0.717) is 18.6 Å². The van der Waals surface area contributed by atoms with Crippen molar-refractivity contribution in [2.24, 2.45) is 0 Å². The average Bonchev–Trinajstić information content (AvgIpc) is 3.08. The molecule has 0 fully saturated rings. The molecule has 0 saturated heterocycles. The van der Waals surface area contributed by atoms with Gasteiger partial charge in [0.1, 0.15) is 11.8 Å². The highest BCUT2D eigenvalue weighted by molar-refractivity contribution is 5.94. The smallest absolute Gasteiger partial charge is 0.273 e. The summed E-state index contributed by atoms with van der Waals surface area (Å²) in [5.74, 6) is 0.629. The van der Waals surface area contributed by atoms with Crippen molar-refractivity contribution < 1.29 is 9.53 Å². The van der Waals surface area contributed by atoms with Crippen LogP contribution in [0.15, 0.2) is 59.4 Å². The van der Waals surface area contributed by atoms with Crippen LogP contribution in [0.5, 0.6) is 5.75 Å². The number of ether oxygens (including phenoxy) is 1. The van der Waals surface area contributed by atoms with E-state index in [1.807, 2.05) is 71.6 Å². The van der Waals surface area contributed by atoms with Crippen molar-refractivity contribution in [1.29, 1.82) is 0 Å². The van der Waals surface area contributed by atoms with Crippen LogP contribution in [-0.2, 0) is 11.3 Å². The highest BCUT2D eigenvalue weighted by atomic mass is 16.5. The summed E-state index contributed by atoms with van der Waals surface area (Å²) in [4.78, 5) is 29.5. The molecule has 0 radical (unpaired) electrons. The number of nitrogens with one attached hydrogen (secondary N) is 1. The minimum absolute atomic E-state index is 0.107. The third-order valence-corrected chi connectivity index (χ3v) is 5.32. The number of methoxy groups -OCH3 is 1. The van der Waals surface area contributed by atoms with Crippen LogP contribution >= 0.6 is 0 Å². The Morgan fingerprint density at radius 1 is 1.17 bits per heavy atom. The molecular formula is C23H24N4O3. The van der Waals surface area contributed by atoms with Crippen molar-refractivity contribution >= 4 is 22.5 Å². The summed E-state index contributed by atoms with van der Waals surface area (Å²) in [6, 6.07) is 16.3. The third-order valence-electron chi connectivity index (χ3n) is 5.32. The zero-order valence-corrected chi connectivity index (χ0v) is 17.3. The summed E-state index contributed by atoms with van der Waals surface area (Å²) < 4.78 is 9.18. The molecule has 0 spiro atoms. The number of para-hydroxylation sites is 2. The standard InChI is InChI=1S/C23H24N4O3/c1-4-18(23(29)24-14-16-9-5-8-12-20(16)30-3)27-19-11-7-6-10-17(19)22-25-21(28)13-15(2)26(22)27/h5-13,18H,4,14H2,1-3H3,(H,24,29)/t18-/m0/s1. The normalized spacial score (nSPS) is 12.2. The van der Waals surface area contributed by atoms with Gasteiger partial charge >= 0.3 is 0 Å². The van der Waals surface area contributed by atoms with E-state index in [1.165, 1.54) is 6.07 Å². The first-order valence-electron chi connectivity index (χ1n) is 9.94. The van der Waals surface area contributed by atoms with Crippen LogP contribution in [0, 0.1) is 6.92 Å². The van der Waals surface area contributed by atoms with Crippen molar-refractivity contribution in [1.82, 2.24) is 19.5 Å². The Labute approximate surface area is 173 Å². The molecule has 30 heavy (non-hydrogen) atoms. The van der Waals surface area contributed by atoms with Crippen LogP contribution < -0.4 is 15.6 Å². The molecule has 4 rings (SSSR count). The van der Waals surface area contributed by atoms with Crippen LogP contribution in [0.1, 0.15) is 30.6 Å². The molecule has 2 aromatic heterocycles. The van der Waals surface area contributed by atoms with Gasteiger partial charge in [-0.3, -0.25) is 14.3 Å². The number of carbonyl (C=O) groups excluding carboxylic acids is 1. The number of rotatable bonds is 6. The van der Waals surface area contributed by atoms with E-state index in [2.05, 4.69) is 10.3 Å². The fourth-order valence-corrected chi connectivity index (χ4v) is 3.93. The predicted octanol–water partition coefficient (Wildman–Crippen LogP) is 3.23. The summed E-state index contributed by atoms with van der Waals surface area (Å²) in [6.45, 7) is 4.19. The van der Waals surface area contributed by atoms with E-state index in [4.69, 9.17) is 4.74 Å². The molecule has 1 N–H and O–H groups in total. The number of hydrogen-bond acceptors (Lipinski definition) is 4. The van der Waals surface area contributed by atoms with E-state index in [1.54, 1.807) is 7.11 Å². The van der Waals surface area contributed by atoms with E-state index in [0.717, 1.165) is 27.9 Å². The molecule has 0 aliphatic heterocycles. The molecule has 0 saturated carbocycles. The highest BCUT2D eigenvalue weighted by Crippen LogP contribution is 2.27. The molecule has 0 bridgehead atoms. The Morgan fingerprint density at radius 2 is 1.90 bits per heavy atom. The van der Waals surface area contributed by atoms with E-state index >= 15 is 0 Å². The molecule has 0 aliphatic rings. The predicted molar refractivity (Wildman–Crippen MR) is 116 cm³/mol. The minimum atomic E-state index is -0.467. The number of aromatic nitrogens is 3. The van der Waals surface area contributed by atoms with Gasteiger partial charge in [0, 0.05) is 29.3 Å². The van der Waals surface area contributed by atoms with Gasteiger partial charge in [0.25, 0.3) is 5.56 Å². The maximum absolute atomic E-state index is 13.2. The van der Waals surface area contributed by atoms with Gasteiger partial charge in [0.2, 0.25) is 5.91 Å². The van der Waals surface area contributed by atoms with Crippen molar-refractivity contribution in [2.45, 2.75) is 32.9 Å². The van der Waals surface area contributed by atoms with Crippen LogP contribution in [0.3, 0.4) is 0 Å². The van der Waals surface area contributed by atoms with Crippen LogP contribution in [0.2, 0.25) is 0 Å². The van der Waals surface area contributed by atoms with Gasteiger partial charge in [-0.05, 0) is 31.5 Å². The van der Waals surface area contributed by atoms with Crippen LogP contribution in [0.25, 0.3) is 16.6 Å². The van der Waals surface area contributed by atoms with E-state index in [-0.39, 0.29) is 11.5 Å². The summed E-state index contributed by atoms with van der Waals surface area (Å²) >= 11 is 0. The first-order chi connectivity index (χ1) is 14.5. The number of carbonyl (C=O) groups is 1. The Balaban J connectivity index is 1.77. The van der Waals surface area contributed by atoms with Gasteiger partial charge in [-0.2, -0.15) is 4.98 Å². The Hall–Kier alpha value is -3.61. The molecule has 0 unspecified atom stereocenters. The summed E-state index contributed by atoms with van der Waals surface area (Å²) in [5, 5.41) is 3.88. The number of nitrogens with zero attached hydrogens (tertiary/aromatic N) is 3. The molecule has 1 atom stereocenters. The van der Waals surface area contributed by atoms with Crippen LogP contribution in [-0.4, -0.2) is 27.2 Å². The SMILES string of the molecule is CC[C@@H](C(=O)NCc1ccccc1OC)n1c2ccccc2c2nc(=O)cc(C)n21. The molecule has 7 heteroatoms. The lowest BCUT2D eigenvalue weighted by molar-refractivity contribution is -0.124. The van der Waals surface area contributed by atoms with Gasteiger partial charge in [-0.15, -0.1) is 0 Å². The van der Waals surface area contributed by atoms with Gasteiger partial charge in [-0.1, -0.05) is 37.3 Å². The van der Waals surface area contributed by atoms with Gasteiger partial charge in [0.15, 0.2) is 5.65 Å².